The van der Waals surface area contributed by atoms with E-state index in [1.807, 2.05) is 0 Å². The van der Waals surface area contributed by atoms with Gasteiger partial charge in [0, 0.05) is 34.1 Å². The van der Waals surface area contributed by atoms with Crippen LogP contribution in [-0.4, -0.2) is 0 Å². The molecule has 7 aromatic carbocycles. The maximum atomic E-state index is 2.38. The molecule has 0 heterocycles. The van der Waals surface area contributed by atoms with E-state index in [1.54, 1.807) is 0 Å². The lowest BCUT2D eigenvalue weighted by atomic mass is 10.0. The molecule has 0 aliphatic carbocycles. The van der Waals surface area contributed by atoms with Gasteiger partial charge in [0.05, 0.1) is 0 Å². The quantitative estimate of drug-likeness (QED) is 0.129. The van der Waals surface area contributed by atoms with Crippen LogP contribution in [0.25, 0.3) is 24.3 Å². The lowest BCUT2D eigenvalue weighted by Gasteiger charge is -2.29. The number of nitrogens with zero attached hydrogens (tertiary/aromatic N) is 2. The van der Waals surface area contributed by atoms with Crippen LogP contribution in [0.15, 0.2) is 146 Å². The minimum atomic E-state index is 1.14. The average molecular weight is 729 g/mol. The second-order valence-electron chi connectivity index (χ2n) is 15.3. The molecule has 278 valence electrons. The summed E-state index contributed by atoms with van der Waals surface area (Å²) in [6.07, 6.45) is 8.85. The standard InChI is InChI=1S/C54H52N2/c1-37-13-29-51(41(5)33-37)55(52-30-14-38(2)34-42(52)6)49-25-19-45(20-26-49)17-23-47-11-9-10-12-48(47)24-18-46-21-27-50(28-22-46)56(53-31-15-39(3)35-43(53)7)54-32-16-40(4)36-44(54)8/h9-36H,1-8H3/b23-17+,24-18+. The zero-order valence-electron chi connectivity index (χ0n) is 34.1. The number of hydrogen-bond donors (Lipinski definition) is 0. The van der Waals surface area contributed by atoms with E-state index in [9.17, 15) is 0 Å². The molecule has 56 heavy (non-hydrogen) atoms. The molecule has 0 aromatic heterocycles. The summed E-state index contributed by atoms with van der Waals surface area (Å²) in [6.45, 7) is 17.4. The van der Waals surface area contributed by atoms with E-state index in [0.717, 1.165) is 22.5 Å². The maximum absolute atomic E-state index is 2.38. The molecule has 0 aliphatic rings. The molecule has 2 heteroatoms. The summed E-state index contributed by atoms with van der Waals surface area (Å²) >= 11 is 0. The van der Waals surface area contributed by atoms with E-state index < -0.39 is 0 Å². The van der Waals surface area contributed by atoms with Crippen molar-refractivity contribution in [1.82, 2.24) is 0 Å². The number of hydrogen-bond acceptors (Lipinski definition) is 2. The zero-order valence-corrected chi connectivity index (χ0v) is 34.1. The van der Waals surface area contributed by atoms with Crippen LogP contribution in [0.2, 0.25) is 0 Å². The molecular formula is C54H52N2. The Morgan fingerprint density at radius 3 is 0.857 bits per heavy atom. The van der Waals surface area contributed by atoms with Gasteiger partial charge in [-0.05, 0) is 148 Å². The summed E-state index contributed by atoms with van der Waals surface area (Å²) in [5.74, 6) is 0. The SMILES string of the molecule is Cc1ccc(N(c2ccc(/C=C/c3ccccc3/C=C/c3ccc(N(c4ccc(C)cc4C)c4ccc(C)cc4C)cc3)cc2)c2ccc(C)cc2C)c(C)c1. The van der Waals surface area contributed by atoms with Gasteiger partial charge in [0.2, 0.25) is 0 Å². The monoisotopic (exact) mass is 728 g/mol. The Morgan fingerprint density at radius 1 is 0.304 bits per heavy atom. The van der Waals surface area contributed by atoms with Gasteiger partial charge in [0.1, 0.15) is 0 Å². The highest BCUT2D eigenvalue weighted by Gasteiger charge is 2.18. The normalized spacial score (nSPS) is 11.4. The molecule has 2 nitrogen and oxygen atoms in total. The van der Waals surface area contributed by atoms with Crippen LogP contribution in [0.5, 0.6) is 0 Å². The van der Waals surface area contributed by atoms with Crippen LogP contribution < -0.4 is 9.80 Å². The Morgan fingerprint density at radius 2 is 0.589 bits per heavy atom. The van der Waals surface area contributed by atoms with E-state index >= 15 is 0 Å². The van der Waals surface area contributed by atoms with Gasteiger partial charge in [0.25, 0.3) is 0 Å². The molecule has 0 spiro atoms. The first kappa shape index (κ1) is 37.9. The molecule has 0 bridgehead atoms. The highest BCUT2D eigenvalue weighted by molar-refractivity contribution is 5.84. The first-order valence-corrected chi connectivity index (χ1v) is 19.6. The molecule has 0 atom stereocenters. The molecule has 7 rings (SSSR count). The van der Waals surface area contributed by atoms with Gasteiger partial charge >= 0.3 is 0 Å². The summed E-state index contributed by atoms with van der Waals surface area (Å²) in [4.78, 5) is 4.77. The van der Waals surface area contributed by atoms with Crippen LogP contribution in [-0.2, 0) is 0 Å². The molecule has 0 saturated heterocycles. The van der Waals surface area contributed by atoms with Crippen LogP contribution >= 0.6 is 0 Å². The van der Waals surface area contributed by atoms with E-state index in [1.165, 1.54) is 78.4 Å². The van der Waals surface area contributed by atoms with Crippen LogP contribution in [0.4, 0.5) is 34.1 Å². The minimum absolute atomic E-state index is 1.14. The van der Waals surface area contributed by atoms with E-state index in [-0.39, 0.29) is 0 Å². The molecule has 0 amide bonds. The van der Waals surface area contributed by atoms with E-state index in [2.05, 4.69) is 235 Å². The highest BCUT2D eigenvalue weighted by atomic mass is 15.2. The first-order valence-electron chi connectivity index (χ1n) is 19.6. The largest absolute Gasteiger partial charge is 0.310 e. The maximum Gasteiger partial charge on any atom is 0.0491 e. The van der Waals surface area contributed by atoms with E-state index in [0.29, 0.717) is 0 Å². The number of aryl methyl sites for hydroxylation is 8. The van der Waals surface area contributed by atoms with Crippen molar-refractivity contribution in [3.63, 3.8) is 0 Å². The predicted molar refractivity (Wildman–Crippen MR) is 244 cm³/mol. The molecule has 0 radical (unpaired) electrons. The van der Waals surface area contributed by atoms with Crippen molar-refractivity contribution in [3.05, 3.63) is 212 Å². The van der Waals surface area contributed by atoms with Crippen molar-refractivity contribution < 1.29 is 0 Å². The van der Waals surface area contributed by atoms with Crippen molar-refractivity contribution in [2.45, 2.75) is 55.4 Å². The van der Waals surface area contributed by atoms with Gasteiger partial charge in [-0.3, -0.25) is 0 Å². The summed E-state index contributed by atoms with van der Waals surface area (Å²) in [7, 11) is 0. The minimum Gasteiger partial charge on any atom is -0.310 e. The molecule has 0 unspecified atom stereocenters. The van der Waals surface area contributed by atoms with Gasteiger partial charge in [-0.15, -0.1) is 0 Å². The second kappa shape index (κ2) is 16.6. The molecule has 0 N–H and O–H groups in total. The van der Waals surface area contributed by atoms with Crippen molar-refractivity contribution in [2.75, 3.05) is 9.80 Å². The fourth-order valence-corrected chi connectivity index (χ4v) is 7.70. The van der Waals surface area contributed by atoms with Crippen LogP contribution in [0.1, 0.15) is 66.8 Å². The highest BCUT2D eigenvalue weighted by Crippen LogP contribution is 2.40. The number of anilines is 6. The molecule has 7 aromatic rings. The lowest BCUT2D eigenvalue weighted by Crippen LogP contribution is -2.12. The Labute approximate surface area is 334 Å². The van der Waals surface area contributed by atoms with Gasteiger partial charge < -0.3 is 9.80 Å². The topological polar surface area (TPSA) is 6.48 Å². The van der Waals surface area contributed by atoms with Crippen LogP contribution in [0.3, 0.4) is 0 Å². The first-order chi connectivity index (χ1) is 27.0. The smallest absolute Gasteiger partial charge is 0.0491 e. The van der Waals surface area contributed by atoms with E-state index in [4.69, 9.17) is 0 Å². The third-order valence-electron chi connectivity index (χ3n) is 10.6. The fourth-order valence-electron chi connectivity index (χ4n) is 7.70. The summed E-state index contributed by atoms with van der Waals surface area (Å²) in [5.41, 5.74) is 21.8. The van der Waals surface area contributed by atoms with Crippen molar-refractivity contribution in [2.24, 2.45) is 0 Å². The van der Waals surface area contributed by atoms with Gasteiger partial charge in [-0.2, -0.15) is 0 Å². The third-order valence-corrected chi connectivity index (χ3v) is 10.6. The third kappa shape index (κ3) is 8.46. The van der Waals surface area contributed by atoms with Gasteiger partial charge in [-0.1, -0.05) is 144 Å². The molecule has 0 saturated carbocycles. The Balaban J connectivity index is 1.13. The van der Waals surface area contributed by atoms with Crippen molar-refractivity contribution >= 4 is 58.4 Å². The Bertz CT molecular complexity index is 2270. The predicted octanol–water partition coefficient (Wildman–Crippen LogP) is 15.4. The average Bonchev–Trinajstić information content (AvgIpc) is 3.17. The molecular weight excluding hydrogens is 677 g/mol. The molecule has 0 fully saturated rings. The number of benzene rings is 7. The Hall–Kier alpha value is -6.38. The fraction of sp³-hybridized carbons (Fsp3) is 0.148. The molecule has 0 aliphatic heterocycles. The summed E-state index contributed by atoms with van der Waals surface area (Å²) < 4.78 is 0. The second-order valence-corrected chi connectivity index (χ2v) is 15.3. The van der Waals surface area contributed by atoms with Crippen LogP contribution in [0, 0.1) is 55.4 Å². The Kier molecular flexibility index (Phi) is 11.2. The van der Waals surface area contributed by atoms with Crippen molar-refractivity contribution in [3.8, 4) is 0 Å². The summed E-state index contributed by atoms with van der Waals surface area (Å²) in [6, 6.07) is 53.2. The van der Waals surface area contributed by atoms with Crippen molar-refractivity contribution in [1.29, 1.82) is 0 Å². The zero-order chi connectivity index (χ0) is 39.3. The van der Waals surface area contributed by atoms with Gasteiger partial charge in [-0.25, -0.2) is 0 Å². The summed E-state index contributed by atoms with van der Waals surface area (Å²) in [5, 5.41) is 0. The lowest BCUT2D eigenvalue weighted by molar-refractivity contribution is 1.21. The van der Waals surface area contributed by atoms with Gasteiger partial charge in [0.15, 0.2) is 0 Å². The number of rotatable bonds is 10.